The van der Waals surface area contributed by atoms with Crippen molar-refractivity contribution in [3.8, 4) is 6.07 Å². The summed E-state index contributed by atoms with van der Waals surface area (Å²) in [5.74, 6) is -5.03. The van der Waals surface area contributed by atoms with E-state index in [0.29, 0.717) is 34.0 Å². The highest BCUT2D eigenvalue weighted by Crippen LogP contribution is 2.50. The second kappa shape index (κ2) is 11.0. The average Bonchev–Trinajstić information content (AvgIpc) is 3.14. The second-order valence-corrected chi connectivity index (χ2v) is 9.29. The van der Waals surface area contributed by atoms with Crippen LogP contribution in [0.25, 0.3) is 0 Å². The molecule has 2 aromatic carbocycles. The molecule has 1 aliphatic rings. The Morgan fingerprint density at radius 3 is 2.37 bits per heavy atom. The average molecular weight is 527 g/mol. The van der Waals surface area contributed by atoms with Crippen LogP contribution in [-0.2, 0) is 19.7 Å². The largest absolute Gasteiger partial charge is 0.491 e. The molecule has 0 saturated carbocycles. The summed E-state index contributed by atoms with van der Waals surface area (Å²) >= 11 is 12.3. The first-order valence-corrected chi connectivity index (χ1v) is 11.8. The highest BCUT2D eigenvalue weighted by atomic mass is 35.5. The standard InChI is InChI=1S/C25H23Cl2F3N2O3/c1-2-3-4-8-19-24(14-31,16-9-11-17(26)12-10-16)20(15-6-5-7-18(27)13-15)21(32-19)22(33)35-23(34)25(28,29)30/h5-7,9-13,19-21,32H,2-4,8H2,1H3/t19-,20-,21+,24-/m0/s1. The van der Waals surface area contributed by atoms with Gasteiger partial charge in [-0.2, -0.15) is 18.4 Å². The van der Waals surface area contributed by atoms with Crippen LogP contribution in [0.15, 0.2) is 48.5 Å². The SMILES string of the molecule is CCCCC[C@@H]1N[C@@H](C(=O)OC(=O)C(F)(F)F)[C@H](c2cccc(Cl)c2)[C@@]1(C#N)c1ccc(Cl)cc1. The maximum Gasteiger partial charge on any atom is 0.491 e. The van der Waals surface area contributed by atoms with Crippen molar-refractivity contribution in [2.75, 3.05) is 0 Å². The molecule has 2 aromatic rings. The van der Waals surface area contributed by atoms with Gasteiger partial charge in [0.25, 0.3) is 0 Å². The highest BCUT2D eigenvalue weighted by Gasteiger charge is 2.60. The molecule has 0 bridgehead atoms. The smallest absolute Gasteiger partial charge is 0.385 e. The molecule has 4 atom stereocenters. The first kappa shape index (κ1) is 27.0. The number of hydrogen-bond acceptors (Lipinski definition) is 5. The Bertz CT molecular complexity index is 1120. The minimum Gasteiger partial charge on any atom is -0.385 e. The number of ether oxygens (including phenoxy) is 1. The predicted octanol–water partition coefficient (Wildman–Crippen LogP) is 6.09. The molecule has 0 radical (unpaired) electrons. The molecule has 0 amide bonds. The number of esters is 2. The molecule has 1 saturated heterocycles. The number of carbonyl (C=O) groups excluding carboxylic acids is 2. The molecule has 0 unspecified atom stereocenters. The maximum absolute atomic E-state index is 13.0. The van der Waals surface area contributed by atoms with Crippen LogP contribution in [0.4, 0.5) is 13.2 Å². The molecule has 35 heavy (non-hydrogen) atoms. The molecular formula is C25H23Cl2F3N2O3. The number of hydrogen-bond donors (Lipinski definition) is 1. The molecule has 3 rings (SSSR count). The van der Waals surface area contributed by atoms with E-state index in [1.807, 2.05) is 6.92 Å². The number of nitrogens with one attached hydrogen (secondary N) is 1. The number of halogens is 5. The number of nitrogens with zero attached hydrogens (tertiary/aromatic N) is 1. The van der Waals surface area contributed by atoms with Gasteiger partial charge in [-0.15, -0.1) is 0 Å². The Balaban J connectivity index is 2.18. The van der Waals surface area contributed by atoms with Gasteiger partial charge in [0.05, 0.1) is 6.07 Å². The Hall–Kier alpha value is -2.60. The Labute approximate surface area is 211 Å². The first-order chi connectivity index (χ1) is 16.5. The van der Waals surface area contributed by atoms with E-state index >= 15 is 0 Å². The summed E-state index contributed by atoms with van der Waals surface area (Å²) in [5, 5.41) is 14.4. The third kappa shape index (κ3) is 5.64. The van der Waals surface area contributed by atoms with Crippen LogP contribution in [0.5, 0.6) is 0 Å². The molecule has 1 fully saturated rings. The van der Waals surface area contributed by atoms with E-state index in [0.717, 1.165) is 12.8 Å². The van der Waals surface area contributed by atoms with Crippen LogP contribution in [0.1, 0.15) is 49.7 Å². The molecule has 0 aromatic heterocycles. The van der Waals surface area contributed by atoms with Gasteiger partial charge in [-0.3, -0.25) is 5.32 Å². The van der Waals surface area contributed by atoms with Crippen LogP contribution < -0.4 is 5.32 Å². The number of benzene rings is 2. The molecule has 5 nitrogen and oxygen atoms in total. The fourth-order valence-corrected chi connectivity index (χ4v) is 5.05. The lowest BCUT2D eigenvalue weighted by Gasteiger charge is -2.35. The van der Waals surface area contributed by atoms with Crippen LogP contribution >= 0.6 is 23.2 Å². The zero-order chi connectivity index (χ0) is 25.8. The van der Waals surface area contributed by atoms with Gasteiger partial charge in [-0.25, -0.2) is 9.59 Å². The van der Waals surface area contributed by atoms with Crippen LogP contribution in [-0.4, -0.2) is 30.2 Å². The monoisotopic (exact) mass is 526 g/mol. The predicted molar refractivity (Wildman–Crippen MR) is 125 cm³/mol. The van der Waals surface area contributed by atoms with E-state index in [2.05, 4.69) is 16.1 Å². The van der Waals surface area contributed by atoms with Crippen LogP contribution in [0, 0.1) is 11.3 Å². The first-order valence-electron chi connectivity index (χ1n) is 11.1. The molecule has 1 N–H and O–H groups in total. The summed E-state index contributed by atoms with van der Waals surface area (Å²) in [7, 11) is 0. The van der Waals surface area contributed by atoms with Crippen molar-refractivity contribution in [3.05, 3.63) is 69.7 Å². The lowest BCUT2D eigenvalue weighted by Crippen LogP contribution is -2.42. The van der Waals surface area contributed by atoms with E-state index in [9.17, 15) is 28.0 Å². The third-order valence-corrected chi connectivity index (χ3v) is 6.73. The van der Waals surface area contributed by atoms with Gasteiger partial charge in [0.15, 0.2) is 0 Å². The van der Waals surface area contributed by atoms with Crippen LogP contribution in [0.2, 0.25) is 10.0 Å². The van der Waals surface area contributed by atoms with Gasteiger partial charge in [0.1, 0.15) is 11.5 Å². The second-order valence-electron chi connectivity index (χ2n) is 8.42. The van der Waals surface area contributed by atoms with E-state index in [-0.39, 0.29) is 0 Å². The van der Waals surface area contributed by atoms with Gasteiger partial charge in [0, 0.05) is 22.0 Å². The molecule has 1 aliphatic heterocycles. The zero-order valence-corrected chi connectivity index (χ0v) is 20.3. The summed E-state index contributed by atoms with van der Waals surface area (Å²) in [4.78, 5) is 24.4. The Morgan fingerprint density at radius 2 is 1.80 bits per heavy atom. The molecular weight excluding hydrogens is 504 g/mol. The van der Waals surface area contributed by atoms with Crippen molar-refractivity contribution in [1.82, 2.24) is 5.32 Å². The van der Waals surface area contributed by atoms with E-state index in [1.54, 1.807) is 48.5 Å². The number of rotatable bonds is 7. The zero-order valence-electron chi connectivity index (χ0n) is 18.7. The number of alkyl halides is 3. The molecule has 10 heteroatoms. The Morgan fingerprint density at radius 1 is 1.11 bits per heavy atom. The number of unbranched alkanes of at least 4 members (excludes halogenated alkanes) is 2. The molecule has 0 spiro atoms. The van der Waals surface area contributed by atoms with Gasteiger partial charge in [-0.1, -0.05) is 73.7 Å². The maximum atomic E-state index is 13.0. The fraction of sp³-hybridized carbons (Fsp3) is 0.400. The van der Waals surface area contributed by atoms with E-state index in [1.165, 1.54) is 0 Å². The minimum atomic E-state index is -5.34. The van der Waals surface area contributed by atoms with Crippen LogP contribution in [0.3, 0.4) is 0 Å². The van der Waals surface area contributed by atoms with E-state index < -0.39 is 41.5 Å². The summed E-state index contributed by atoms with van der Waals surface area (Å²) in [6.45, 7) is 2.01. The molecule has 186 valence electrons. The summed E-state index contributed by atoms with van der Waals surface area (Å²) < 4.78 is 42.7. The molecule has 0 aliphatic carbocycles. The van der Waals surface area contributed by atoms with E-state index in [4.69, 9.17) is 23.2 Å². The summed E-state index contributed by atoms with van der Waals surface area (Å²) in [5.41, 5.74) is -0.421. The number of carbonyl (C=O) groups is 2. The normalized spacial score (nSPS) is 24.1. The van der Waals surface area contributed by atoms with Crippen molar-refractivity contribution < 1.29 is 27.5 Å². The summed E-state index contributed by atoms with van der Waals surface area (Å²) in [6.07, 6.45) is -2.43. The third-order valence-electron chi connectivity index (χ3n) is 6.24. The van der Waals surface area contributed by atoms with Gasteiger partial charge in [0.2, 0.25) is 0 Å². The Kier molecular flexibility index (Phi) is 8.47. The van der Waals surface area contributed by atoms with Gasteiger partial charge < -0.3 is 4.74 Å². The van der Waals surface area contributed by atoms with Crippen molar-refractivity contribution in [3.63, 3.8) is 0 Å². The summed E-state index contributed by atoms with van der Waals surface area (Å²) in [6, 6.07) is 13.2. The molecule has 1 heterocycles. The van der Waals surface area contributed by atoms with Crippen molar-refractivity contribution in [2.24, 2.45) is 0 Å². The number of nitriles is 1. The topological polar surface area (TPSA) is 79.2 Å². The van der Waals surface area contributed by atoms with Crippen molar-refractivity contribution in [2.45, 2.75) is 62.2 Å². The van der Waals surface area contributed by atoms with Gasteiger partial charge in [-0.05, 0) is 41.8 Å². The highest BCUT2D eigenvalue weighted by molar-refractivity contribution is 6.30. The minimum absolute atomic E-state index is 0.318. The lowest BCUT2D eigenvalue weighted by molar-refractivity contribution is -0.202. The van der Waals surface area contributed by atoms with Gasteiger partial charge >= 0.3 is 18.1 Å². The van der Waals surface area contributed by atoms with Crippen molar-refractivity contribution in [1.29, 1.82) is 5.26 Å². The fourth-order valence-electron chi connectivity index (χ4n) is 4.72. The lowest BCUT2D eigenvalue weighted by atomic mass is 9.64. The van der Waals surface area contributed by atoms with Crippen molar-refractivity contribution >= 4 is 35.1 Å². The quantitative estimate of drug-likeness (QED) is 0.268.